The number of nitrogens with zero attached hydrogens (tertiary/aromatic N) is 2. The second kappa shape index (κ2) is 11.5. The molecule has 0 heterocycles. The maximum absolute atomic E-state index is 10.9. The van der Waals surface area contributed by atoms with Gasteiger partial charge in [0.05, 0.1) is 0 Å². The van der Waals surface area contributed by atoms with Crippen molar-refractivity contribution in [2.24, 2.45) is 10.2 Å². The largest absolute Gasteiger partial charge is 0.453 e. The van der Waals surface area contributed by atoms with Gasteiger partial charge in [0.25, 0.3) is 5.91 Å². The number of aliphatic hydroxyl groups excluding tert-OH is 1. The zero-order valence-corrected chi connectivity index (χ0v) is 15.5. The summed E-state index contributed by atoms with van der Waals surface area (Å²) in [5, 5.41) is 17.0. The Labute approximate surface area is 142 Å². The van der Waals surface area contributed by atoms with Crippen LogP contribution in [-0.4, -0.2) is 47.6 Å². The number of aliphatic hydroxyl groups is 1. The first-order valence-electron chi connectivity index (χ1n) is 7.50. The lowest BCUT2D eigenvalue weighted by molar-refractivity contribution is -0.116. The molecule has 0 spiro atoms. The van der Waals surface area contributed by atoms with Gasteiger partial charge in [0, 0.05) is 20.1 Å². The smallest absolute Gasteiger partial charge is 0.444 e. The SMILES string of the molecule is CC(=O)N=NC(=O)OC(C)(C)C.CC(C)(C)OC(=O)NCCCO. The van der Waals surface area contributed by atoms with Crippen LogP contribution in [0.1, 0.15) is 54.9 Å². The molecular weight excluding hydrogens is 318 g/mol. The first-order valence-corrected chi connectivity index (χ1v) is 7.50. The minimum Gasteiger partial charge on any atom is -0.444 e. The second-order valence-corrected chi connectivity index (χ2v) is 6.71. The Balaban J connectivity index is 0. The predicted molar refractivity (Wildman–Crippen MR) is 87.7 cm³/mol. The molecule has 0 aromatic heterocycles. The van der Waals surface area contributed by atoms with Crippen molar-refractivity contribution in [1.82, 2.24) is 5.32 Å². The van der Waals surface area contributed by atoms with E-state index in [1.165, 1.54) is 6.92 Å². The van der Waals surface area contributed by atoms with E-state index < -0.39 is 29.3 Å². The molecule has 9 nitrogen and oxygen atoms in total. The molecule has 24 heavy (non-hydrogen) atoms. The number of nitrogens with one attached hydrogen (secondary N) is 1. The molecule has 9 heteroatoms. The minimum absolute atomic E-state index is 0.0792. The fourth-order valence-electron chi connectivity index (χ4n) is 0.977. The van der Waals surface area contributed by atoms with Crippen LogP contribution >= 0.6 is 0 Å². The van der Waals surface area contributed by atoms with Gasteiger partial charge in [0.1, 0.15) is 11.2 Å². The lowest BCUT2D eigenvalue weighted by atomic mass is 10.2. The average Bonchev–Trinajstić information content (AvgIpc) is 2.33. The Morgan fingerprint density at radius 3 is 1.83 bits per heavy atom. The molecular formula is C15H29N3O6. The molecule has 0 unspecified atom stereocenters. The third kappa shape index (κ3) is 22.3. The highest BCUT2D eigenvalue weighted by atomic mass is 16.6. The molecule has 2 N–H and O–H groups in total. The minimum atomic E-state index is -0.849. The summed E-state index contributed by atoms with van der Waals surface area (Å²) in [5.41, 5.74) is -1.06. The Bertz CT molecular complexity index is 435. The quantitative estimate of drug-likeness (QED) is 0.597. The fourth-order valence-corrected chi connectivity index (χ4v) is 0.977. The number of carbonyl (C=O) groups excluding carboxylic acids is 3. The molecule has 0 bridgehead atoms. The summed E-state index contributed by atoms with van der Waals surface area (Å²) in [4.78, 5) is 31.9. The van der Waals surface area contributed by atoms with E-state index in [-0.39, 0.29) is 6.61 Å². The van der Waals surface area contributed by atoms with E-state index >= 15 is 0 Å². The van der Waals surface area contributed by atoms with E-state index in [2.05, 4.69) is 15.5 Å². The third-order valence-corrected chi connectivity index (χ3v) is 1.67. The van der Waals surface area contributed by atoms with Crippen LogP contribution in [0, 0.1) is 0 Å². The Morgan fingerprint density at radius 1 is 0.958 bits per heavy atom. The van der Waals surface area contributed by atoms with Gasteiger partial charge < -0.3 is 19.9 Å². The summed E-state index contributed by atoms with van der Waals surface area (Å²) in [7, 11) is 0. The summed E-state index contributed by atoms with van der Waals surface area (Å²) in [6, 6.07) is 0. The fraction of sp³-hybridized carbons (Fsp3) is 0.800. The van der Waals surface area contributed by atoms with Crippen LogP contribution in [-0.2, 0) is 14.3 Å². The normalized spacial score (nSPS) is 11.3. The number of azo groups is 1. The molecule has 0 aliphatic carbocycles. The van der Waals surface area contributed by atoms with Crippen molar-refractivity contribution in [2.45, 2.75) is 66.1 Å². The van der Waals surface area contributed by atoms with Crippen molar-refractivity contribution in [3.63, 3.8) is 0 Å². The second-order valence-electron chi connectivity index (χ2n) is 6.71. The maximum atomic E-state index is 10.9. The number of rotatable bonds is 3. The van der Waals surface area contributed by atoms with Crippen molar-refractivity contribution >= 4 is 18.1 Å². The van der Waals surface area contributed by atoms with E-state index in [0.29, 0.717) is 13.0 Å². The molecule has 0 aromatic carbocycles. The molecule has 0 fully saturated rings. The number of hydrogen-bond donors (Lipinski definition) is 2. The highest BCUT2D eigenvalue weighted by molar-refractivity contribution is 5.76. The maximum Gasteiger partial charge on any atom is 0.453 e. The molecule has 0 radical (unpaired) electrons. The van der Waals surface area contributed by atoms with Gasteiger partial charge in [-0.3, -0.25) is 4.79 Å². The molecule has 0 saturated carbocycles. The van der Waals surface area contributed by atoms with Crippen LogP contribution in [0.4, 0.5) is 9.59 Å². The van der Waals surface area contributed by atoms with Crippen LogP contribution < -0.4 is 5.32 Å². The van der Waals surface area contributed by atoms with Gasteiger partial charge in [-0.25, -0.2) is 9.59 Å². The first-order chi connectivity index (χ1) is 10.8. The van der Waals surface area contributed by atoms with Crippen LogP contribution in [0.15, 0.2) is 10.2 Å². The van der Waals surface area contributed by atoms with Crippen LogP contribution in [0.2, 0.25) is 0 Å². The van der Waals surface area contributed by atoms with Crippen LogP contribution in [0.3, 0.4) is 0 Å². The van der Waals surface area contributed by atoms with Gasteiger partial charge in [-0.2, -0.15) is 0 Å². The molecule has 0 saturated heterocycles. The van der Waals surface area contributed by atoms with Crippen molar-refractivity contribution < 1.29 is 29.0 Å². The zero-order valence-electron chi connectivity index (χ0n) is 15.5. The van der Waals surface area contributed by atoms with Gasteiger partial charge in [0.2, 0.25) is 0 Å². The van der Waals surface area contributed by atoms with Crippen LogP contribution in [0.25, 0.3) is 0 Å². The van der Waals surface area contributed by atoms with Crippen molar-refractivity contribution in [2.75, 3.05) is 13.2 Å². The summed E-state index contributed by atoms with van der Waals surface area (Å²) >= 11 is 0. The van der Waals surface area contributed by atoms with E-state index in [9.17, 15) is 14.4 Å². The highest BCUT2D eigenvalue weighted by Crippen LogP contribution is 2.08. The first kappa shape index (κ1) is 24.2. The topological polar surface area (TPSA) is 127 Å². The Hall–Kier alpha value is -2.03. The number of ether oxygens (including phenoxy) is 2. The van der Waals surface area contributed by atoms with Crippen LogP contribution in [0.5, 0.6) is 0 Å². The van der Waals surface area contributed by atoms with Gasteiger partial charge in [-0.05, 0) is 48.0 Å². The number of hydrogen-bond acceptors (Lipinski definition) is 6. The van der Waals surface area contributed by atoms with E-state index in [1.807, 2.05) is 0 Å². The molecule has 0 aromatic rings. The monoisotopic (exact) mass is 347 g/mol. The van der Waals surface area contributed by atoms with E-state index in [4.69, 9.17) is 14.6 Å². The van der Waals surface area contributed by atoms with Crippen molar-refractivity contribution in [1.29, 1.82) is 0 Å². The molecule has 3 amide bonds. The predicted octanol–water partition coefficient (Wildman–Crippen LogP) is 2.81. The molecule has 0 atom stereocenters. The van der Waals surface area contributed by atoms with Gasteiger partial charge >= 0.3 is 12.2 Å². The van der Waals surface area contributed by atoms with Gasteiger partial charge in [-0.15, -0.1) is 5.11 Å². The van der Waals surface area contributed by atoms with Gasteiger partial charge in [-0.1, -0.05) is 5.11 Å². The summed E-state index contributed by atoms with van der Waals surface area (Å²) in [5.74, 6) is -0.527. The molecule has 0 aliphatic rings. The Morgan fingerprint density at radius 2 is 1.46 bits per heavy atom. The third-order valence-electron chi connectivity index (χ3n) is 1.67. The summed E-state index contributed by atoms with van der Waals surface area (Å²) in [6.45, 7) is 12.3. The summed E-state index contributed by atoms with van der Waals surface area (Å²) < 4.78 is 9.69. The highest BCUT2D eigenvalue weighted by Gasteiger charge is 2.16. The number of carbonyl (C=O) groups is 3. The zero-order chi connectivity index (χ0) is 19.4. The number of alkyl carbamates (subject to hydrolysis) is 1. The number of amides is 3. The van der Waals surface area contributed by atoms with E-state index in [0.717, 1.165) is 0 Å². The Kier molecular flexibility index (Phi) is 11.6. The summed E-state index contributed by atoms with van der Waals surface area (Å²) in [6.07, 6.45) is -0.729. The molecule has 0 aliphatic heterocycles. The standard InChI is InChI=1S/C8H17NO3.C7H12N2O3/c1-8(2,3)12-7(11)9-5-4-6-10;1-5(10)8-9-6(11)12-7(2,3)4/h10H,4-6H2,1-3H3,(H,9,11);1-4H3. The van der Waals surface area contributed by atoms with Crippen molar-refractivity contribution in [3.8, 4) is 0 Å². The van der Waals surface area contributed by atoms with Crippen molar-refractivity contribution in [3.05, 3.63) is 0 Å². The average molecular weight is 347 g/mol. The lowest BCUT2D eigenvalue weighted by Gasteiger charge is -2.19. The lowest BCUT2D eigenvalue weighted by Crippen LogP contribution is -2.33. The molecule has 140 valence electrons. The van der Waals surface area contributed by atoms with E-state index in [1.54, 1.807) is 41.5 Å². The van der Waals surface area contributed by atoms with Gasteiger partial charge in [0.15, 0.2) is 0 Å². The molecule has 0 rings (SSSR count).